The summed E-state index contributed by atoms with van der Waals surface area (Å²) in [6.45, 7) is 4.01. The van der Waals surface area contributed by atoms with Gasteiger partial charge in [0.25, 0.3) is 0 Å². The van der Waals surface area contributed by atoms with Crippen molar-refractivity contribution in [1.82, 2.24) is 10.1 Å². The highest BCUT2D eigenvalue weighted by atomic mass is 32.1. The Balaban J connectivity index is 2.32. The number of rotatable bonds is 1. The van der Waals surface area contributed by atoms with Gasteiger partial charge in [-0.15, -0.1) is 11.3 Å². The second kappa shape index (κ2) is 3.56. The quantitative estimate of drug-likeness (QED) is 0.715. The molecule has 0 aliphatic carbocycles. The number of anilines is 1. The first-order chi connectivity index (χ1) is 8.18. The molecule has 0 radical (unpaired) electrons. The molecule has 0 aliphatic heterocycles. The molecular formula is C12H11N3OS. The van der Waals surface area contributed by atoms with Crippen molar-refractivity contribution in [2.75, 3.05) is 5.73 Å². The molecule has 0 spiro atoms. The Hall–Kier alpha value is -1.88. The van der Waals surface area contributed by atoms with Gasteiger partial charge in [-0.3, -0.25) is 4.98 Å². The van der Waals surface area contributed by atoms with Gasteiger partial charge in [0, 0.05) is 22.8 Å². The topological polar surface area (TPSA) is 64.9 Å². The molecule has 0 bridgehead atoms. The summed E-state index contributed by atoms with van der Waals surface area (Å²) in [6, 6.07) is 1.96. The summed E-state index contributed by atoms with van der Waals surface area (Å²) in [5.74, 6) is 0. The van der Waals surface area contributed by atoms with Crippen LogP contribution < -0.4 is 5.73 Å². The van der Waals surface area contributed by atoms with Crippen molar-refractivity contribution in [2.45, 2.75) is 13.8 Å². The Kier molecular flexibility index (Phi) is 2.16. The van der Waals surface area contributed by atoms with Crippen molar-refractivity contribution in [3.8, 4) is 11.3 Å². The summed E-state index contributed by atoms with van der Waals surface area (Å²) in [5, 5.41) is 4.10. The fourth-order valence-corrected chi connectivity index (χ4v) is 2.79. The van der Waals surface area contributed by atoms with E-state index in [4.69, 9.17) is 10.3 Å². The molecule has 0 saturated heterocycles. The maximum Gasteiger partial charge on any atom is 0.201 e. The number of aromatic nitrogens is 2. The molecule has 3 aromatic rings. The molecule has 0 fully saturated rings. The van der Waals surface area contributed by atoms with Crippen LogP contribution in [0, 0.1) is 13.8 Å². The van der Waals surface area contributed by atoms with E-state index in [1.54, 1.807) is 23.7 Å². The molecule has 3 aromatic heterocycles. The van der Waals surface area contributed by atoms with Crippen molar-refractivity contribution < 1.29 is 4.52 Å². The van der Waals surface area contributed by atoms with Gasteiger partial charge in [-0.2, -0.15) is 0 Å². The summed E-state index contributed by atoms with van der Waals surface area (Å²) in [7, 11) is 0. The van der Waals surface area contributed by atoms with Crippen LogP contribution in [0.4, 0.5) is 5.69 Å². The first-order valence-corrected chi connectivity index (χ1v) is 6.05. The molecule has 86 valence electrons. The number of nitrogen functional groups attached to an aromatic ring is 1. The molecule has 0 aromatic carbocycles. The van der Waals surface area contributed by atoms with E-state index in [-0.39, 0.29) is 0 Å². The van der Waals surface area contributed by atoms with Crippen molar-refractivity contribution in [3.63, 3.8) is 0 Å². The van der Waals surface area contributed by atoms with Crippen LogP contribution in [0.25, 0.3) is 21.5 Å². The largest absolute Gasteiger partial charge is 0.395 e. The second-order valence-corrected chi connectivity index (χ2v) is 5.18. The van der Waals surface area contributed by atoms with Crippen LogP contribution in [0.5, 0.6) is 0 Å². The summed E-state index contributed by atoms with van der Waals surface area (Å²) in [6.07, 6.45) is 3.57. The highest BCUT2D eigenvalue weighted by Gasteiger charge is 2.18. The predicted molar refractivity (Wildman–Crippen MR) is 69.0 cm³/mol. The van der Waals surface area contributed by atoms with Crippen LogP contribution >= 0.6 is 11.3 Å². The number of fused-ring (bicyclic) bond motifs is 1. The lowest BCUT2D eigenvalue weighted by Gasteiger charge is -1.99. The molecule has 0 unspecified atom stereocenters. The van der Waals surface area contributed by atoms with Crippen LogP contribution in [-0.4, -0.2) is 10.1 Å². The normalized spacial score (nSPS) is 11.2. The van der Waals surface area contributed by atoms with Crippen molar-refractivity contribution in [1.29, 1.82) is 0 Å². The van der Waals surface area contributed by atoms with Gasteiger partial charge in [-0.05, 0) is 25.5 Å². The zero-order chi connectivity index (χ0) is 12.0. The van der Waals surface area contributed by atoms with E-state index in [1.165, 1.54) is 0 Å². The predicted octanol–water partition coefficient (Wildman–Crippen LogP) is 3.15. The van der Waals surface area contributed by atoms with Crippen LogP contribution in [0.2, 0.25) is 0 Å². The molecule has 0 aliphatic rings. The Morgan fingerprint density at radius 1 is 1.35 bits per heavy atom. The average molecular weight is 245 g/mol. The fraction of sp³-hybridized carbons (Fsp3) is 0.167. The Morgan fingerprint density at radius 2 is 2.18 bits per heavy atom. The van der Waals surface area contributed by atoms with Gasteiger partial charge in [0.1, 0.15) is 10.4 Å². The van der Waals surface area contributed by atoms with Crippen LogP contribution in [0.1, 0.15) is 10.4 Å². The van der Waals surface area contributed by atoms with Gasteiger partial charge in [0.15, 0.2) is 0 Å². The number of hydrogen-bond donors (Lipinski definition) is 1. The fourth-order valence-electron chi connectivity index (χ4n) is 1.80. The minimum Gasteiger partial charge on any atom is -0.395 e. The lowest BCUT2D eigenvalue weighted by atomic mass is 10.1. The number of nitrogens with two attached hydrogens (primary N) is 1. The van der Waals surface area contributed by atoms with Gasteiger partial charge in [0.2, 0.25) is 5.58 Å². The number of aryl methyl sites for hydroxylation is 2. The van der Waals surface area contributed by atoms with Crippen LogP contribution in [0.15, 0.2) is 23.0 Å². The summed E-state index contributed by atoms with van der Waals surface area (Å²) >= 11 is 1.61. The van der Waals surface area contributed by atoms with Gasteiger partial charge < -0.3 is 10.3 Å². The molecule has 3 rings (SSSR count). The maximum absolute atomic E-state index is 5.93. The Morgan fingerprint density at radius 3 is 2.94 bits per heavy atom. The Bertz CT molecular complexity index is 699. The molecule has 0 amide bonds. The molecule has 4 nitrogen and oxygen atoms in total. The van der Waals surface area contributed by atoms with Crippen molar-refractivity contribution in [3.05, 3.63) is 28.9 Å². The van der Waals surface area contributed by atoms with Crippen LogP contribution in [-0.2, 0) is 0 Å². The number of thiophene rings is 1. The minimum atomic E-state index is 0.685. The monoisotopic (exact) mass is 245 g/mol. The van der Waals surface area contributed by atoms with E-state index < -0.39 is 0 Å². The number of nitrogens with zero attached hydrogens (tertiary/aromatic N) is 2. The van der Waals surface area contributed by atoms with Gasteiger partial charge in [-0.25, -0.2) is 0 Å². The highest BCUT2D eigenvalue weighted by Crippen LogP contribution is 2.39. The lowest BCUT2D eigenvalue weighted by Crippen LogP contribution is -1.84. The molecule has 0 saturated carbocycles. The van der Waals surface area contributed by atoms with E-state index in [2.05, 4.69) is 10.1 Å². The lowest BCUT2D eigenvalue weighted by molar-refractivity contribution is 0.460. The number of hydrogen-bond acceptors (Lipinski definition) is 5. The molecular weight excluding hydrogens is 234 g/mol. The third-order valence-corrected chi connectivity index (χ3v) is 3.93. The maximum atomic E-state index is 5.93. The summed E-state index contributed by atoms with van der Waals surface area (Å²) in [4.78, 5) is 5.19. The molecule has 0 atom stereocenters. The van der Waals surface area contributed by atoms with E-state index in [1.807, 2.05) is 19.9 Å². The van der Waals surface area contributed by atoms with Crippen molar-refractivity contribution in [2.24, 2.45) is 0 Å². The minimum absolute atomic E-state index is 0.685. The third kappa shape index (κ3) is 1.43. The first kappa shape index (κ1) is 10.3. The average Bonchev–Trinajstić information content (AvgIpc) is 2.83. The molecule has 3 heterocycles. The SMILES string of the molecule is Cc1ccncc1-c1noc2c(N)c(C)sc12. The Labute approximate surface area is 102 Å². The first-order valence-electron chi connectivity index (χ1n) is 5.23. The molecule has 17 heavy (non-hydrogen) atoms. The smallest absolute Gasteiger partial charge is 0.201 e. The molecule has 5 heteroatoms. The zero-order valence-corrected chi connectivity index (χ0v) is 10.3. The van der Waals surface area contributed by atoms with E-state index >= 15 is 0 Å². The summed E-state index contributed by atoms with van der Waals surface area (Å²) in [5.41, 5.74) is 10.2. The zero-order valence-electron chi connectivity index (χ0n) is 9.52. The second-order valence-electron chi connectivity index (χ2n) is 3.95. The molecule has 2 N–H and O–H groups in total. The van der Waals surface area contributed by atoms with Gasteiger partial charge in [-0.1, -0.05) is 5.16 Å². The van der Waals surface area contributed by atoms with Crippen molar-refractivity contribution >= 4 is 27.3 Å². The van der Waals surface area contributed by atoms with E-state index in [9.17, 15) is 0 Å². The van der Waals surface area contributed by atoms with Crippen LogP contribution in [0.3, 0.4) is 0 Å². The van der Waals surface area contributed by atoms with Gasteiger partial charge >= 0.3 is 0 Å². The summed E-state index contributed by atoms with van der Waals surface area (Å²) < 4.78 is 6.31. The van der Waals surface area contributed by atoms with E-state index in [0.29, 0.717) is 11.3 Å². The third-order valence-electron chi connectivity index (χ3n) is 2.82. The standard InChI is InChI=1S/C12H11N3OS/c1-6-3-4-14-5-8(6)10-12-11(16-15-10)9(13)7(2)17-12/h3-5H,13H2,1-2H3. The van der Waals surface area contributed by atoms with E-state index in [0.717, 1.165) is 26.4 Å². The highest BCUT2D eigenvalue weighted by molar-refractivity contribution is 7.20. The van der Waals surface area contributed by atoms with Gasteiger partial charge in [0.05, 0.1) is 5.69 Å². The number of pyridine rings is 1.